The fourth-order valence-corrected chi connectivity index (χ4v) is 4.29. The van der Waals surface area contributed by atoms with Crippen molar-refractivity contribution in [2.24, 2.45) is 0 Å². The van der Waals surface area contributed by atoms with E-state index in [1.807, 2.05) is 49.6 Å². The predicted molar refractivity (Wildman–Crippen MR) is 123 cm³/mol. The van der Waals surface area contributed by atoms with Crippen molar-refractivity contribution < 1.29 is 0 Å². The van der Waals surface area contributed by atoms with Crippen molar-refractivity contribution in [3.63, 3.8) is 0 Å². The van der Waals surface area contributed by atoms with Crippen LogP contribution < -0.4 is 5.32 Å². The molecule has 0 aliphatic carbocycles. The highest BCUT2D eigenvalue weighted by atomic mass is 35.5. The Hall–Kier alpha value is -2.67. The van der Waals surface area contributed by atoms with Crippen molar-refractivity contribution >= 4 is 22.9 Å². The van der Waals surface area contributed by atoms with Crippen LogP contribution in [0, 0.1) is 13.8 Å². The average molecular weight is 436 g/mol. The Bertz CT molecular complexity index is 1170. The van der Waals surface area contributed by atoms with E-state index in [1.54, 1.807) is 11.3 Å². The molecule has 5 nitrogen and oxygen atoms in total. The lowest BCUT2D eigenvalue weighted by atomic mass is 10.1. The van der Waals surface area contributed by atoms with Crippen LogP contribution in [0.4, 0.5) is 0 Å². The maximum atomic E-state index is 6.09. The first-order chi connectivity index (χ1) is 14.5. The lowest BCUT2D eigenvalue weighted by molar-refractivity contribution is 0.566. The van der Waals surface area contributed by atoms with Gasteiger partial charge in [-0.15, -0.1) is 10.2 Å². The van der Waals surface area contributed by atoms with Gasteiger partial charge in [0.15, 0.2) is 0 Å². The van der Waals surface area contributed by atoms with E-state index >= 15 is 0 Å². The normalized spacial score (nSPS) is 12.1. The van der Waals surface area contributed by atoms with Crippen LogP contribution in [-0.4, -0.2) is 20.2 Å². The summed E-state index contributed by atoms with van der Waals surface area (Å²) in [6.45, 7) is 6.88. The molecule has 0 saturated heterocycles. The van der Waals surface area contributed by atoms with Crippen molar-refractivity contribution in [3.8, 4) is 21.8 Å². The van der Waals surface area contributed by atoms with E-state index in [-0.39, 0.29) is 6.04 Å². The molecule has 4 rings (SSSR count). The summed E-state index contributed by atoms with van der Waals surface area (Å²) in [5.74, 6) is 0. The Kier molecular flexibility index (Phi) is 6.18. The summed E-state index contributed by atoms with van der Waals surface area (Å²) >= 11 is 7.66. The third kappa shape index (κ3) is 4.73. The fourth-order valence-electron chi connectivity index (χ4n) is 3.23. The number of nitrogens with one attached hydrogen (secondary N) is 1. The Morgan fingerprint density at radius 3 is 2.67 bits per heavy atom. The van der Waals surface area contributed by atoms with Crippen LogP contribution >= 0.6 is 22.9 Å². The highest BCUT2D eigenvalue weighted by Crippen LogP contribution is 2.28. The Morgan fingerprint density at radius 2 is 1.90 bits per heavy atom. The number of hydrogen-bond donors (Lipinski definition) is 1. The van der Waals surface area contributed by atoms with Gasteiger partial charge in [-0.25, -0.2) is 0 Å². The molecule has 0 aliphatic rings. The van der Waals surface area contributed by atoms with E-state index in [0.717, 1.165) is 43.7 Å². The molecule has 7 heteroatoms. The molecule has 3 aromatic heterocycles. The molecule has 0 bridgehead atoms. The number of halogens is 1. The van der Waals surface area contributed by atoms with Crippen LogP contribution in [0.25, 0.3) is 21.8 Å². The van der Waals surface area contributed by atoms with Crippen LogP contribution in [0.2, 0.25) is 5.02 Å². The average Bonchev–Trinajstić information content (AvgIpc) is 3.22. The van der Waals surface area contributed by atoms with E-state index in [4.69, 9.17) is 11.6 Å². The van der Waals surface area contributed by atoms with Gasteiger partial charge in [-0.3, -0.25) is 9.97 Å². The lowest BCUT2D eigenvalue weighted by Gasteiger charge is -2.12. The number of aryl methyl sites for hydroxylation is 2. The van der Waals surface area contributed by atoms with E-state index < -0.39 is 0 Å². The Balaban J connectivity index is 1.43. The van der Waals surface area contributed by atoms with Gasteiger partial charge < -0.3 is 5.32 Å². The molecule has 0 spiro atoms. The van der Waals surface area contributed by atoms with Gasteiger partial charge in [0.25, 0.3) is 0 Å². The first kappa shape index (κ1) is 20.6. The first-order valence-electron chi connectivity index (χ1n) is 9.71. The summed E-state index contributed by atoms with van der Waals surface area (Å²) in [5.41, 5.74) is 6.34. The molecule has 0 radical (unpaired) electrons. The van der Waals surface area contributed by atoms with Gasteiger partial charge in [0.2, 0.25) is 0 Å². The van der Waals surface area contributed by atoms with Crippen molar-refractivity contribution in [3.05, 3.63) is 81.7 Å². The molecule has 0 fully saturated rings. The van der Waals surface area contributed by atoms with Gasteiger partial charge in [-0.05, 0) is 56.2 Å². The molecule has 0 amide bonds. The molecule has 1 N–H and O–H groups in total. The van der Waals surface area contributed by atoms with Crippen LogP contribution in [0.15, 0.2) is 54.9 Å². The second-order valence-corrected chi connectivity index (χ2v) is 8.70. The standard InChI is InChI=1S/C23H22ClN5S/c1-14-9-17(13-27-21(14)18-7-8-25-15(2)10-18)12-26-16(3)22-28-29-23(30-22)19-5-4-6-20(24)11-19/h4-11,13,16,26H,12H2,1-3H3. The van der Waals surface area contributed by atoms with E-state index in [9.17, 15) is 0 Å². The predicted octanol–water partition coefficient (Wildman–Crippen LogP) is 5.78. The number of nitrogens with zero attached hydrogens (tertiary/aromatic N) is 4. The molecule has 1 aromatic carbocycles. The maximum absolute atomic E-state index is 6.09. The van der Waals surface area contributed by atoms with Gasteiger partial charge >= 0.3 is 0 Å². The lowest BCUT2D eigenvalue weighted by Crippen LogP contribution is -2.18. The second kappa shape index (κ2) is 9.00. The molecule has 30 heavy (non-hydrogen) atoms. The largest absolute Gasteiger partial charge is 0.304 e. The fraction of sp³-hybridized carbons (Fsp3) is 0.217. The van der Waals surface area contributed by atoms with E-state index in [0.29, 0.717) is 11.6 Å². The van der Waals surface area contributed by atoms with Crippen LogP contribution in [-0.2, 0) is 6.54 Å². The van der Waals surface area contributed by atoms with Crippen LogP contribution in [0.1, 0.15) is 34.8 Å². The highest BCUT2D eigenvalue weighted by Gasteiger charge is 2.14. The zero-order chi connectivity index (χ0) is 21.1. The van der Waals surface area contributed by atoms with Crippen molar-refractivity contribution in [1.82, 2.24) is 25.5 Å². The summed E-state index contributed by atoms with van der Waals surface area (Å²) in [5, 5.41) is 14.7. The number of pyridine rings is 2. The van der Waals surface area contributed by atoms with Crippen LogP contribution in [0.5, 0.6) is 0 Å². The highest BCUT2D eigenvalue weighted by molar-refractivity contribution is 7.14. The van der Waals surface area contributed by atoms with Crippen molar-refractivity contribution in [2.45, 2.75) is 33.4 Å². The van der Waals surface area contributed by atoms with E-state index in [1.165, 1.54) is 0 Å². The molecule has 1 atom stereocenters. The summed E-state index contributed by atoms with van der Waals surface area (Å²) in [6, 6.07) is 14.0. The van der Waals surface area contributed by atoms with Gasteiger partial charge in [0, 0.05) is 40.8 Å². The molecule has 0 aliphatic heterocycles. The number of rotatable bonds is 6. The summed E-state index contributed by atoms with van der Waals surface area (Å²) in [7, 11) is 0. The number of benzene rings is 1. The van der Waals surface area contributed by atoms with Crippen molar-refractivity contribution in [2.75, 3.05) is 0 Å². The van der Waals surface area contributed by atoms with E-state index in [2.05, 4.69) is 51.5 Å². The molecular weight excluding hydrogens is 414 g/mol. The molecule has 152 valence electrons. The third-order valence-corrected chi connectivity index (χ3v) is 6.19. The van der Waals surface area contributed by atoms with Crippen LogP contribution in [0.3, 0.4) is 0 Å². The molecule has 1 unspecified atom stereocenters. The first-order valence-corrected chi connectivity index (χ1v) is 10.9. The monoisotopic (exact) mass is 435 g/mol. The molecule has 4 aromatic rings. The van der Waals surface area contributed by atoms with Gasteiger partial charge in [-0.2, -0.15) is 0 Å². The SMILES string of the molecule is Cc1cc(-c2ncc(CNC(C)c3nnc(-c4cccc(Cl)c4)s3)cc2C)ccn1. The maximum Gasteiger partial charge on any atom is 0.147 e. The zero-order valence-corrected chi connectivity index (χ0v) is 18.6. The minimum atomic E-state index is 0.0817. The number of aromatic nitrogens is 4. The van der Waals surface area contributed by atoms with Gasteiger partial charge in [0.05, 0.1) is 11.7 Å². The topological polar surface area (TPSA) is 63.6 Å². The van der Waals surface area contributed by atoms with Gasteiger partial charge in [-0.1, -0.05) is 41.1 Å². The minimum absolute atomic E-state index is 0.0817. The zero-order valence-electron chi connectivity index (χ0n) is 17.1. The third-order valence-electron chi connectivity index (χ3n) is 4.80. The molecular formula is C23H22ClN5S. The minimum Gasteiger partial charge on any atom is -0.304 e. The Labute approximate surface area is 185 Å². The summed E-state index contributed by atoms with van der Waals surface area (Å²) < 4.78 is 0. The quantitative estimate of drug-likeness (QED) is 0.415. The molecule has 0 saturated carbocycles. The summed E-state index contributed by atoms with van der Waals surface area (Å²) in [4.78, 5) is 8.95. The summed E-state index contributed by atoms with van der Waals surface area (Å²) in [6.07, 6.45) is 3.75. The Morgan fingerprint density at radius 1 is 1.03 bits per heavy atom. The number of hydrogen-bond acceptors (Lipinski definition) is 6. The molecule has 3 heterocycles. The second-order valence-electron chi connectivity index (χ2n) is 7.25. The van der Waals surface area contributed by atoms with Gasteiger partial charge in [0.1, 0.15) is 10.0 Å². The smallest absolute Gasteiger partial charge is 0.147 e. The van der Waals surface area contributed by atoms with Crippen molar-refractivity contribution in [1.29, 1.82) is 0 Å².